The lowest BCUT2D eigenvalue weighted by atomic mass is 9.99. The maximum atomic E-state index is 12.6. The summed E-state index contributed by atoms with van der Waals surface area (Å²) in [6, 6.07) is 3.94. The lowest BCUT2D eigenvalue weighted by molar-refractivity contribution is -0.118. The number of hydrogen-bond donors (Lipinski definition) is 2. The SMILES string of the molecule is C=Cc1cn(C[C@]23CC2N[C@H](C(=O)Nc2nc(Br)ccc2C)C3)nn1. The maximum Gasteiger partial charge on any atom is 0.242 e. The number of hydrogen-bond acceptors (Lipinski definition) is 5. The number of anilines is 1. The van der Waals surface area contributed by atoms with Gasteiger partial charge in [-0.25, -0.2) is 4.98 Å². The third kappa shape index (κ3) is 3.11. The Labute approximate surface area is 154 Å². The van der Waals surface area contributed by atoms with Crippen LogP contribution in [0.2, 0.25) is 0 Å². The monoisotopic (exact) mass is 402 g/mol. The lowest BCUT2D eigenvalue weighted by Crippen LogP contribution is -2.38. The fourth-order valence-corrected chi connectivity index (χ4v) is 3.88. The van der Waals surface area contributed by atoms with Crippen molar-refractivity contribution >= 4 is 33.7 Å². The van der Waals surface area contributed by atoms with Crippen LogP contribution in [0.15, 0.2) is 29.5 Å². The first-order valence-corrected chi connectivity index (χ1v) is 9.01. The minimum absolute atomic E-state index is 0.0364. The van der Waals surface area contributed by atoms with Crippen LogP contribution in [-0.4, -0.2) is 38.0 Å². The van der Waals surface area contributed by atoms with Gasteiger partial charge in [0.05, 0.1) is 12.2 Å². The van der Waals surface area contributed by atoms with Gasteiger partial charge in [-0.2, -0.15) is 0 Å². The van der Waals surface area contributed by atoms with Gasteiger partial charge in [-0.15, -0.1) is 5.10 Å². The Morgan fingerprint density at radius 1 is 1.56 bits per heavy atom. The molecule has 1 unspecified atom stereocenters. The van der Waals surface area contributed by atoms with Crippen LogP contribution in [0.25, 0.3) is 6.08 Å². The molecule has 2 N–H and O–H groups in total. The average molecular weight is 403 g/mol. The number of fused-ring (bicyclic) bond motifs is 1. The first kappa shape index (κ1) is 16.4. The molecule has 130 valence electrons. The van der Waals surface area contributed by atoms with Crippen molar-refractivity contribution in [2.45, 2.75) is 38.4 Å². The van der Waals surface area contributed by atoms with Gasteiger partial charge in [-0.3, -0.25) is 9.48 Å². The van der Waals surface area contributed by atoms with Crippen molar-refractivity contribution in [2.75, 3.05) is 5.32 Å². The van der Waals surface area contributed by atoms with Gasteiger partial charge in [0.15, 0.2) is 0 Å². The Balaban J connectivity index is 1.41. The molecule has 1 saturated carbocycles. The van der Waals surface area contributed by atoms with E-state index in [0.29, 0.717) is 16.5 Å². The zero-order valence-electron chi connectivity index (χ0n) is 13.9. The summed E-state index contributed by atoms with van der Waals surface area (Å²) in [7, 11) is 0. The number of halogens is 1. The summed E-state index contributed by atoms with van der Waals surface area (Å²) in [5.74, 6) is 0.563. The zero-order valence-corrected chi connectivity index (χ0v) is 15.5. The Kier molecular flexibility index (Phi) is 3.96. The molecule has 8 heteroatoms. The van der Waals surface area contributed by atoms with E-state index in [0.717, 1.165) is 30.6 Å². The van der Waals surface area contributed by atoms with Gasteiger partial charge in [0, 0.05) is 18.0 Å². The first-order chi connectivity index (χ1) is 12.0. The number of carbonyl (C=O) groups excluding carboxylic acids is 1. The summed E-state index contributed by atoms with van der Waals surface area (Å²) in [6.45, 7) is 6.40. The van der Waals surface area contributed by atoms with Crippen molar-refractivity contribution in [2.24, 2.45) is 5.41 Å². The smallest absolute Gasteiger partial charge is 0.242 e. The van der Waals surface area contributed by atoms with E-state index >= 15 is 0 Å². The first-order valence-electron chi connectivity index (χ1n) is 8.22. The van der Waals surface area contributed by atoms with Crippen molar-refractivity contribution in [3.05, 3.63) is 40.8 Å². The van der Waals surface area contributed by atoms with Crippen LogP contribution in [-0.2, 0) is 11.3 Å². The molecular weight excluding hydrogens is 384 g/mol. The molecule has 0 radical (unpaired) electrons. The second kappa shape index (κ2) is 6.03. The third-order valence-corrected chi connectivity index (χ3v) is 5.51. The molecule has 2 aromatic rings. The summed E-state index contributed by atoms with van der Waals surface area (Å²) in [6.07, 6.45) is 5.43. The molecule has 3 atom stereocenters. The van der Waals surface area contributed by atoms with Crippen molar-refractivity contribution in [1.29, 1.82) is 0 Å². The molecule has 2 aromatic heterocycles. The number of aromatic nitrogens is 4. The highest BCUT2D eigenvalue weighted by atomic mass is 79.9. The molecule has 4 rings (SSSR count). The van der Waals surface area contributed by atoms with E-state index in [1.807, 2.05) is 29.9 Å². The van der Waals surface area contributed by atoms with E-state index < -0.39 is 0 Å². The van der Waals surface area contributed by atoms with Crippen molar-refractivity contribution in [3.8, 4) is 0 Å². The second-order valence-electron chi connectivity index (χ2n) is 6.88. The highest BCUT2D eigenvalue weighted by Crippen LogP contribution is 2.55. The molecule has 2 fully saturated rings. The Morgan fingerprint density at radius 2 is 2.40 bits per heavy atom. The minimum atomic E-state index is -0.207. The molecule has 0 bridgehead atoms. The molecule has 2 aliphatic rings. The second-order valence-corrected chi connectivity index (χ2v) is 7.69. The van der Waals surface area contributed by atoms with E-state index in [4.69, 9.17) is 0 Å². The number of pyridine rings is 1. The van der Waals surface area contributed by atoms with Crippen LogP contribution in [0.4, 0.5) is 5.82 Å². The highest BCUT2D eigenvalue weighted by Gasteiger charge is 2.61. The van der Waals surface area contributed by atoms with E-state index in [2.05, 4.69) is 48.4 Å². The summed E-state index contributed by atoms with van der Waals surface area (Å²) in [5.41, 5.74) is 1.80. The average Bonchev–Trinajstić information content (AvgIpc) is 2.94. The Bertz CT molecular complexity index is 849. The topological polar surface area (TPSA) is 84.7 Å². The molecule has 25 heavy (non-hydrogen) atoms. The van der Waals surface area contributed by atoms with Gasteiger partial charge >= 0.3 is 0 Å². The van der Waals surface area contributed by atoms with E-state index in [9.17, 15) is 4.79 Å². The number of piperidine rings is 1. The van der Waals surface area contributed by atoms with Gasteiger partial charge in [-0.1, -0.05) is 17.9 Å². The summed E-state index contributed by atoms with van der Waals surface area (Å²) in [5, 5.41) is 14.5. The minimum Gasteiger partial charge on any atom is -0.309 e. The number of rotatable bonds is 5. The summed E-state index contributed by atoms with van der Waals surface area (Å²) >= 11 is 3.34. The normalized spacial score (nSPS) is 27.0. The van der Waals surface area contributed by atoms with Gasteiger partial charge in [-0.05, 0) is 53.4 Å². The number of nitrogens with one attached hydrogen (secondary N) is 2. The van der Waals surface area contributed by atoms with Crippen LogP contribution >= 0.6 is 15.9 Å². The van der Waals surface area contributed by atoms with Crippen LogP contribution in [0, 0.1) is 12.3 Å². The Hall–Kier alpha value is -2.06. The Morgan fingerprint density at radius 3 is 3.16 bits per heavy atom. The van der Waals surface area contributed by atoms with E-state index in [1.54, 1.807) is 6.08 Å². The fraction of sp³-hybridized carbons (Fsp3) is 0.412. The predicted molar refractivity (Wildman–Crippen MR) is 97.8 cm³/mol. The van der Waals surface area contributed by atoms with Crippen LogP contribution < -0.4 is 10.6 Å². The predicted octanol–water partition coefficient (Wildman–Crippen LogP) is 2.15. The quantitative estimate of drug-likeness (QED) is 0.748. The lowest BCUT2D eigenvalue weighted by Gasteiger charge is -2.16. The fourth-order valence-electron chi connectivity index (χ4n) is 3.57. The number of amides is 1. The maximum absolute atomic E-state index is 12.6. The van der Waals surface area contributed by atoms with Crippen molar-refractivity contribution < 1.29 is 4.79 Å². The standard InChI is InChI=1S/C17H19BrN6O/c1-3-11-8-24(23-22-11)9-17-6-12(19-13(17)7-17)16(25)21-15-10(2)4-5-14(18)20-15/h3-5,8,12-13,19H,1,6-7,9H2,2H3,(H,20,21,25)/t12-,13?,17-/m0/s1. The molecule has 0 aromatic carbocycles. The number of carbonyl (C=O) groups is 1. The third-order valence-electron chi connectivity index (χ3n) is 5.07. The molecular formula is C17H19BrN6O. The summed E-state index contributed by atoms with van der Waals surface area (Å²) < 4.78 is 2.55. The van der Waals surface area contributed by atoms with Crippen LogP contribution in [0.5, 0.6) is 0 Å². The van der Waals surface area contributed by atoms with Crippen molar-refractivity contribution in [3.63, 3.8) is 0 Å². The van der Waals surface area contributed by atoms with Gasteiger partial charge in [0.1, 0.15) is 16.1 Å². The molecule has 1 saturated heterocycles. The molecule has 7 nitrogen and oxygen atoms in total. The molecule has 1 aliphatic heterocycles. The largest absolute Gasteiger partial charge is 0.309 e. The van der Waals surface area contributed by atoms with Crippen LogP contribution in [0.3, 0.4) is 0 Å². The van der Waals surface area contributed by atoms with Gasteiger partial charge < -0.3 is 10.6 Å². The van der Waals surface area contributed by atoms with Crippen LogP contribution in [0.1, 0.15) is 24.1 Å². The highest BCUT2D eigenvalue weighted by molar-refractivity contribution is 9.10. The van der Waals surface area contributed by atoms with Gasteiger partial charge in [0.2, 0.25) is 5.91 Å². The number of aryl methyl sites for hydroxylation is 1. The molecule has 1 aliphatic carbocycles. The zero-order chi connectivity index (χ0) is 17.6. The molecule has 3 heterocycles. The molecule has 1 amide bonds. The van der Waals surface area contributed by atoms with E-state index in [1.165, 1.54) is 0 Å². The molecule has 0 spiro atoms. The van der Waals surface area contributed by atoms with Crippen molar-refractivity contribution in [1.82, 2.24) is 25.3 Å². The van der Waals surface area contributed by atoms with E-state index in [-0.39, 0.29) is 17.4 Å². The summed E-state index contributed by atoms with van der Waals surface area (Å²) in [4.78, 5) is 16.9. The number of nitrogens with zero attached hydrogens (tertiary/aromatic N) is 4. The van der Waals surface area contributed by atoms with Gasteiger partial charge in [0.25, 0.3) is 0 Å².